The summed E-state index contributed by atoms with van der Waals surface area (Å²) in [6, 6.07) is 5.35. The second kappa shape index (κ2) is 4.47. The Hall–Kier alpha value is -0.650. The predicted octanol–water partition coefficient (Wildman–Crippen LogP) is 1.47. The van der Waals surface area contributed by atoms with Crippen molar-refractivity contribution in [1.29, 1.82) is 0 Å². The first-order valence-corrected chi connectivity index (χ1v) is 6.48. The van der Waals surface area contributed by atoms with Gasteiger partial charge in [-0.25, -0.2) is 12.8 Å². The second-order valence-corrected chi connectivity index (χ2v) is 6.04. The molecule has 1 rings (SSSR count). The van der Waals surface area contributed by atoms with Gasteiger partial charge in [-0.3, -0.25) is 0 Å². The van der Waals surface area contributed by atoms with Gasteiger partial charge in [-0.15, -0.1) is 11.6 Å². The van der Waals surface area contributed by atoms with Gasteiger partial charge in [0.1, 0.15) is 11.9 Å². The number of sulfone groups is 1. The minimum atomic E-state index is -3.62. The Balaban J connectivity index is 3.06. The molecule has 0 aliphatic heterocycles. The highest BCUT2D eigenvalue weighted by atomic mass is 35.5. The fourth-order valence-corrected chi connectivity index (χ4v) is 1.84. The number of hydrogen-bond donors (Lipinski definition) is 1. The monoisotopic (exact) mass is 252 g/mol. The van der Waals surface area contributed by atoms with E-state index in [9.17, 15) is 17.9 Å². The SMILES string of the molecule is CS(=O)(=O)C(Cl)C(O)c1ccccc1F. The molecule has 0 saturated heterocycles. The molecule has 0 amide bonds. The Bertz CT molecular complexity index is 446. The summed E-state index contributed by atoms with van der Waals surface area (Å²) in [5.41, 5.74) is -0.122. The zero-order valence-corrected chi connectivity index (χ0v) is 9.46. The fourth-order valence-electron chi connectivity index (χ4n) is 1.09. The number of rotatable bonds is 3. The van der Waals surface area contributed by atoms with Gasteiger partial charge in [-0.1, -0.05) is 18.2 Å². The summed E-state index contributed by atoms with van der Waals surface area (Å²) in [5, 5.41) is 9.55. The molecule has 84 valence electrons. The Kier molecular flexibility index (Phi) is 3.70. The molecule has 3 nitrogen and oxygen atoms in total. The minimum absolute atomic E-state index is 0.122. The topological polar surface area (TPSA) is 54.4 Å². The van der Waals surface area contributed by atoms with Gasteiger partial charge in [0.05, 0.1) is 0 Å². The van der Waals surface area contributed by atoms with Gasteiger partial charge in [0.25, 0.3) is 0 Å². The Morgan fingerprint density at radius 3 is 2.40 bits per heavy atom. The van der Waals surface area contributed by atoms with E-state index in [1.807, 2.05) is 0 Å². The molecular formula is C9H10ClFO3S. The van der Waals surface area contributed by atoms with Gasteiger partial charge in [-0.2, -0.15) is 0 Å². The maximum atomic E-state index is 13.2. The number of benzene rings is 1. The lowest BCUT2D eigenvalue weighted by atomic mass is 10.1. The lowest BCUT2D eigenvalue weighted by Gasteiger charge is -2.15. The highest BCUT2D eigenvalue weighted by Crippen LogP contribution is 2.26. The van der Waals surface area contributed by atoms with Crippen molar-refractivity contribution >= 4 is 21.4 Å². The first kappa shape index (κ1) is 12.4. The van der Waals surface area contributed by atoms with Crippen molar-refractivity contribution in [2.24, 2.45) is 0 Å². The van der Waals surface area contributed by atoms with Gasteiger partial charge >= 0.3 is 0 Å². The van der Waals surface area contributed by atoms with Crippen molar-refractivity contribution in [2.75, 3.05) is 6.26 Å². The number of alkyl halides is 1. The number of aliphatic hydroxyl groups is 1. The van der Waals surface area contributed by atoms with Gasteiger partial charge in [0, 0.05) is 11.8 Å². The predicted molar refractivity (Wildman–Crippen MR) is 55.8 cm³/mol. The largest absolute Gasteiger partial charge is 0.386 e. The summed E-state index contributed by atoms with van der Waals surface area (Å²) in [6.45, 7) is 0. The number of hydrogen-bond acceptors (Lipinski definition) is 3. The van der Waals surface area contributed by atoms with E-state index in [4.69, 9.17) is 11.6 Å². The zero-order valence-electron chi connectivity index (χ0n) is 7.89. The van der Waals surface area contributed by atoms with Crippen LogP contribution in [0.3, 0.4) is 0 Å². The van der Waals surface area contributed by atoms with E-state index < -0.39 is 26.5 Å². The lowest BCUT2D eigenvalue weighted by molar-refractivity contribution is 0.187. The highest BCUT2D eigenvalue weighted by molar-refractivity contribution is 7.92. The molecule has 0 fully saturated rings. The summed E-state index contributed by atoms with van der Waals surface area (Å²) in [7, 11) is -3.62. The average molecular weight is 253 g/mol. The summed E-state index contributed by atoms with van der Waals surface area (Å²) < 4.78 is 33.7. The van der Waals surface area contributed by atoms with Crippen LogP contribution in [0.4, 0.5) is 4.39 Å². The summed E-state index contributed by atoms with van der Waals surface area (Å²) in [5.74, 6) is -0.681. The molecule has 0 aliphatic rings. The molecule has 2 unspecified atom stereocenters. The van der Waals surface area contributed by atoms with Gasteiger partial charge in [0.2, 0.25) is 0 Å². The third-order valence-electron chi connectivity index (χ3n) is 1.88. The Labute approximate surface area is 92.4 Å². The van der Waals surface area contributed by atoms with Gasteiger partial charge in [-0.05, 0) is 6.07 Å². The van der Waals surface area contributed by atoms with E-state index in [2.05, 4.69) is 0 Å². The molecule has 1 aromatic carbocycles. The van der Waals surface area contributed by atoms with E-state index >= 15 is 0 Å². The van der Waals surface area contributed by atoms with Crippen molar-refractivity contribution in [3.63, 3.8) is 0 Å². The molecule has 6 heteroatoms. The summed E-state index contributed by atoms with van der Waals surface area (Å²) in [4.78, 5) is 0. The maximum absolute atomic E-state index is 13.2. The zero-order chi connectivity index (χ0) is 11.6. The van der Waals surface area contributed by atoms with Crippen LogP contribution in [-0.2, 0) is 9.84 Å². The van der Waals surface area contributed by atoms with Crippen LogP contribution in [0.25, 0.3) is 0 Å². The number of halogens is 2. The van der Waals surface area contributed by atoms with Crippen LogP contribution < -0.4 is 0 Å². The first-order valence-electron chi connectivity index (χ1n) is 4.09. The quantitative estimate of drug-likeness (QED) is 0.829. The lowest BCUT2D eigenvalue weighted by Crippen LogP contribution is -2.22. The van der Waals surface area contributed by atoms with Crippen LogP contribution >= 0.6 is 11.6 Å². The number of aliphatic hydroxyl groups excluding tert-OH is 1. The summed E-state index contributed by atoms with van der Waals surface area (Å²) in [6.07, 6.45) is -0.683. The van der Waals surface area contributed by atoms with Crippen molar-refractivity contribution < 1.29 is 17.9 Å². The van der Waals surface area contributed by atoms with E-state index in [1.165, 1.54) is 18.2 Å². The van der Waals surface area contributed by atoms with Crippen LogP contribution in [0.15, 0.2) is 24.3 Å². The highest BCUT2D eigenvalue weighted by Gasteiger charge is 2.29. The fraction of sp³-hybridized carbons (Fsp3) is 0.333. The van der Waals surface area contributed by atoms with E-state index in [-0.39, 0.29) is 5.56 Å². The van der Waals surface area contributed by atoms with Crippen LogP contribution in [-0.4, -0.2) is 24.5 Å². The van der Waals surface area contributed by atoms with Crippen molar-refractivity contribution in [3.8, 4) is 0 Å². The van der Waals surface area contributed by atoms with Crippen molar-refractivity contribution in [2.45, 2.75) is 10.8 Å². The average Bonchev–Trinajstić information content (AvgIpc) is 2.15. The van der Waals surface area contributed by atoms with Crippen molar-refractivity contribution in [1.82, 2.24) is 0 Å². The molecule has 1 aromatic rings. The second-order valence-electron chi connectivity index (χ2n) is 3.15. The molecule has 15 heavy (non-hydrogen) atoms. The molecule has 0 aliphatic carbocycles. The van der Waals surface area contributed by atoms with Crippen LogP contribution in [0.5, 0.6) is 0 Å². The van der Waals surface area contributed by atoms with Crippen LogP contribution in [0, 0.1) is 5.82 Å². The third kappa shape index (κ3) is 2.90. The minimum Gasteiger partial charge on any atom is -0.386 e. The molecule has 0 aromatic heterocycles. The molecule has 0 saturated carbocycles. The molecule has 1 N–H and O–H groups in total. The Morgan fingerprint density at radius 2 is 1.93 bits per heavy atom. The van der Waals surface area contributed by atoms with Crippen molar-refractivity contribution in [3.05, 3.63) is 35.6 Å². The molecule has 0 heterocycles. The van der Waals surface area contributed by atoms with E-state index in [0.29, 0.717) is 0 Å². The molecule has 2 atom stereocenters. The molecular weight excluding hydrogens is 243 g/mol. The molecule has 0 radical (unpaired) electrons. The van der Waals surface area contributed by atoms with Gasteiger partial charge in [0.15, 0.2) is 14.5 Å². The van der Waals surface area contributed by atoms with E-state index in [1.54, 1.807) is 0 Å². The summed E-state index contributed by atoms with van der Waals surface area (Å²) >= 11 is 5.51. The standard InChI is InChI=1S/C9H10ClFO3S/c1-15(13,14)9(10)8(12)6-4-2-3-5-7(6)11/h2-5,8-9,12H,1H3. The van der Waals surface area contributed by atoms with E-state index in [0.717, 1.165) is 12.3 Å². The van der Waals surface area contributed by atoms with Crippen LogP contribution in [0.1, 0.15) is 11.7 Å². The normalized spacial score (nSPS) is 16.0. The molecule has 0 bridgehead atoms. The smallest absolute Gasteiger partial charge is 0.167 e. The molecule has 0 spiro atoms. The third-order valence-corrected chi connectivity index (χ3v) is 4.17. The Morgan fingerprint density at radius 1 is 1.40 bits per heavy atom. The maximum Gasteiger partial charge on any atom is 0.167 e. The first-order chi connectivity index (χ1) is 6.84. The van der Waals surface area contributed by atoms with Crippen LogP contribution in [0.2, 0.25) is 0 Å². The van der Waals surface area contributed by atoms with Gasteiger partial charge < -0.3 is 5.11 Å².